The number of aliphatic hydroxyl groups excluding tert-OH is 1. The van der Waals surface area contributed by atoms with Gasteiger partial charge >= 0.3 is 0 Å². The highest BCUT2D eigenvalue weighted by atomic mass is 19.1. The summed E-state index contributed by atoms with van der Waals surface area (Å²) in [4.78, 5) is 19.9. The van der Waals surface area contributed by atoms with Crippen molar-refractivity contribution in [2.75, 3.05) is 19.6 Å². The fourth-order valence-corrected chi connectivity index (χ4v) is 4.37. The highest BCUT2D eigenvalue weighted by molar-refractivity contribution is 5.41. The lowest BCUT2D eigenvalue weighted by molar-refractivity contribution is 0.0591. The highest BCUT2D eigenvalue weighted by Gasteiger charge is 2.26. The molecule has 1 aliphatic heterocycles. The number of nitrogens with zero attached hydrogens (tertiary/aromatic N) is 3. The van der Waals surface area contributed by atoms with Crippen LogP contribution in [-0.2, 0) is 6.42 Å². The molecule has 30 heavy (non-hydrogen) atoms. The van der Waals surface area contributed by atoms with E-state index in [0.717, 1.165) is 54.9 Å². The molecular formula is C24H28FN3O2. The number of aryl methyl sites for hydroxylation is 2. The van der Waals surface area contributed by atoms with Gasteiger partial charge in [0.1, 0.15) is 11.5 Å². The number of piperidine rings is 1. The molecule has 0 radical (unpaired) electrons. The Labute approximate surface area is 175 Å². The summed E-state index contributed by atoms with van der Waals surface area (Å²) in [5.41, 5.74) is 4.07. The quantitative estimate of drug-likeness (QED) is 0.701. The molecule has 0 bridgehead atoms. The molecular weight excluding hydrogens is 381 g/mol. The van der Waals surface area contributed by atoms with Gasteiger partial charge in [0.25, 0.3) is 5.56 Å². The second kappa shape index (κ2) is 8.66. The number of aromatic nitrogens is 2. The molecule has 1 aromatic carbocycles. The molecule has 1 fully saturated rings. The van der Waals surface area contributed by atoms with Crippen LogP contribution in [-0.4, -0.2) is 39.0 Å². The summed E-state index contributed by atoms with van der Waals surface area (Å²) in [5.74, 6) is -0.116. The molecule has 0 saturated carbocycles. The van der Waals surface area contributed by atoms with Crippen LogP contribution in [0.1, 0.15) is 41.3 Å². The summed E-state index contributed by atoms with van der Waals surface area (Å²) in [5, 5.41) is 10.6. The predicted molar refractivity (Wildman–Crippen MR) is 115 cm³/mol. The van der Waals surface area contributed by atoms with Gasteiger partial charge in [0.2, 0.25) is 0 Å². The first kappa shape index (κ1) is 20.7. The van der Waals surface area contributed by atoms with Gasteiger partial charge in [0.05, 0.1) is 6.10 Å². The van der Waals surface area contributed by atoms with E-state index in [1.165, 1.54) is 12.1 Å². The molecule has 4 rings (SSSR count). The molecule has 1 atom stereocenters. The lowest BCUT2D eigenvalue weighted by Gasteiger charge is -2.34. The van der Waals surface area contributed by atoms with E-state index in [-0.39, 0.29) is 17.3 Å². The fourth-order valence-electron chi connectivity index (χ4n) is 4.37. The van der Waals surface area contributed by atoms with Crippen LogP contribution >= 0.6 is 0 Å². The van der Waals surface area contributed by atoms with Gasteiger partial charge in [-0.1, -0.05) is 18.2 Å². The molecule has 1 N–H and O–H groups in total. The second-order valence-corrected chi connectivity index (χ2v) is 8.34. The van der Waals surface area contributed by atoms with Gasteiger partial charge in [-0.05, 0) is 81.4 Å². The normalized spacial score (nSPS) is 16.8. The third-order valence-electron chi connectivity index (χ3n) is 6.24. The maximum absolute atomic E-state index is 13.1. The van der Waals surface area contributed by atoms with Crippen molar-refractivity contribution < 1.29 is 9.50 Å². The first-order chi connectivity index (χ1) is 14.4. The Kier molecular flexibility index (Phi) is 5.97. The Bertz CT molecular complexity index is 1090. The van der Waals surface area contributed by atoms with Crippen LogP contribution < -0.4 is 5.56 Å². The van der Waals surface area contributed by atoms with Crippen LogP contribution in [0.3, 0.4) is 0 Å². The maximum Gasteiger partial charge on any atom is 0.261 e. The Hall–Kier alpha value is -2.57. The third kappa shape index (κ3) is 4.30. The number of hydrogen-bond donors (Lipinski definition) is 1. The number of benzene rings is 1. The lowest BCUT2D eigenvalue weighted by atomic mass is 9.87. The molecule has 0 aliphatic carbocycles. The van der Waals surface area contributed by atoms with Crippen LogP contribution in [0, 0.1) is 25.6 Å². The number of rotatable bonds is 5. The minimum absolute atomic E-state index is 0.0165. The zero-order chi connectivity index (χ0) is 21.3. The SMILES string of the molecule is Cc1ccc2nc(C)c(CCN3CCC([C@H](O)c4ccc(F)cc4)CC3)c(=O)n2c1. The average Bonchev–Trinajstić information content (AvgIpc) is 2.75. The molecule has 1 aliphatic rings. The molecule has 158 valence electrons. The topological polar surface area (TPSA) is 57.8 Å². The molecule has 0 amide bonds. The van der Waals surface area contributed by atoms with E-state index >= 15 is 0 Å². The number of fused-ring (bicyclic) bond motifs is 1. The molecule has 5 nitrogen and oxygen atoms in total. The summed E-state index contributed by atoms with van der Waals surface area (Å²) in [6.07, 6.45) is 3.71. The minimum Gasteiger partial charge on any atom is -0.388 e. The predicted octanol–water partition coefficient (Wildman–Crippen LogP) is 3.44. The standard InChI is InChI=1S/C24H28FN3O2/c1-16-3-8-22-26-17(2)21(24(30)28(22)15-16)11-14-27-12-9-19(10-13-27)23(29)18-4-6-20(25)7-5-18/h3-8,15,19,23,29H,9-14H2,1-2H3/t23-/m1/s1. The van der Waals surface area contributed by atoms with E-state index in [9.17, 15) is 14.3 Å². The number of pyridine rings is 1. The van der Waals surface area contributed by atoms with Crippen molar-refractivity contribution in [1.29, 1.82) is 0 Å². The third-order valence-corrected chi connectivity index (χ3v) is 6.24. The zero-order valence-electron chi connectivity index (χ0n) is 17.5. The van der Waals surface area contributed by atoms with Crippen molar-refractivity contribution in [3.8, 4) is 0 Å². The van der Waals surface area contributed by atoms with E-state index in [2.05, 4.69) is 9.88 Å². The van der Waals surface area contributed by atoms with Crippen LogP contribution in [0.15, 0.2) is 47.4 Å². The monoisotopic (exact) mass is 409 g/mol. The summed E-state index contributed by atoms with van der Waals surface area (Å²) in [6.45, 7) is 6.43. The van der Waals surface area contributed by atoms with Gasteiger partial charge in [0.15, 0.2) is 0 Å². The van der Waals surface area contributed by atoms with Gasteiger partial charge in [-0.15, -0.1) is 0 Å². The summed E-state index contributed by atoms with van der Waals surface area (Å²) >= 11 is 0. The van der Waals surface area contributed by atoms with Gasteiger partial charge < -0.3 is 10.0 Å². The van der Waals surface area contributed by atoms with Gasteiger partial charge in [-0.2, -0.15) is 0 Å². The molecule has 6 heteroatoms. The van der Waals surface area contributed by atoms with Crippen LogP contribution in [0.25, 0.3) is 5.65 Å². The summed E-state index contributed by atoms with van der Waals surface area (Å²) in [6, 6.07) is 9.96. The molecule has 0 unspecified atom stereocenters. The van der Waals surface area contributed by atoms with Crippen LogP contribution in [0.2, 0.25) is 0 Å². The average molecular weight is 410 g/mol. The Morgan fingerprint density at radius 3 is 2.53 bits per heavy atom. The van der Waals surface area contributed by atoms with Crippen molar-refractivity contribution in [3.63, 3.8) is 0 Å². The van der Waals surface area contributed by atoms with Crippen molar-refractivity contribution in [2.45, 2.75) is 39.2 Å². The van der Waals surface area contributed by atoms with E-state index in [1.54, 1.807) is 16.5 Å². The number of likely N-dealkylation sites (tertiary alicyclic amines) is 1. The van der Waals surface area contributed by atoms with Crippen molar-refractivity contribution in [1.82, 2.24) is 14.3 Å². The Morgan fingerprint density at radius 1 is 1.13 bits per heavy atom. The summed E-state index contributed by atoms with van der Waals surface area (Å²) < 4.78 is 14.8. The smallest absolute Gasteiger partial charge is 0.261 e. The number of hydrogen-bond acceptors (Lipinski definition) is 4. The van der Waals surface area contributed by atoms with Crippen molar-refractivity contribution in [3.05, 3.63) is 81.2 Å². The first-order valence-electron chi connectivity index (χ1n) is 10.6. The Morgan fingerprint density at radius 2 is 1.83 bits per heavy atom. The highest BCUT2D eigenvalue weighted by Crippen LogP contribution is 2.30. The second-order valence-electron chi connectivity index (χ2n) is 8.34. The summed E-state index contributed by atoms with van der Waals surface area (Å²) in [7, 11) is 0. The molecule has 3 aromatic rings. The fraction of sp³-hybridized carbons (Fsp3) is 0.417. The first-order valence-corrected chi connectivity index (χ1v) is 10.6. The zero-order valence-corrected chi connectivity index (χ0v) is 17.5. The van der Waals surface area contributed by atoms with Crippen molar-refractivity contribution >= 4 is 5.65 Å². The molecule has 3 heterocycles. The van der Waals surface area contributed by atoms with E-state index < -0.39 is 6.10 Å². The van der Waals surface area contributed by atoms with Crippen LogP contribution in [0.5, 0.6) is 0 Å². The van der Waals surface area contributed by atoms with Gasteiger partial charge in [-0.25, -0.2) is 9.37 Å². The Balaban J connectivity index is 1.38. The van der Waals surface area contributed by atoms with E-state index in [1.807, 2.05) is 32.2 Å². The number of aliphatic hydroxyl groups is 1. The molecule has 2 aromatic heterocycles. The van der Waals surface area contributed by atoms with E-state index in [4.69, 9.17) is 0 Å². The molecule has 0 spiro atoms. The van der Waals surface area contributed by atoms with Crippen LogP contribution in [0.4, 0.5) is 4.39 Å². The van der Waals surface area contributed by atoms with Gasteiger partial charge in [0, 0.05) is 24.0 Å². The lowest BCUT2D eigenvalue weighted by Crippen LogP contribution is -2.37. The van der Waals surface area contributed by atoms with Crippen molar-refractivity contribution in [2.24, 2.45) is 5.92 Å². The van der Waals surface area contributed by atoms with Gasteiger partial charge in [-0.3, -0.25) is 9.20 Å². The minimum atomic E-state index is -0.562. The largest absolute Gasteiger partial charge is 0.388 e. The van der Waals surface area contributed by atoms with E-state index in [0.29, 0.717) is 12.1 Å². The molecule has 1 saturated heterocycles. The maximum atomic E-state index is 13.1. The number of halogens is 1.